The van der Waals surface area contributed by atoms with E-state index in [1.54, 1.807) is 6.92 Å². The Labute approximate surface area is 141 Å². The third-order valence-electron chi connectivity index (χ3n) is 4.00. The van der Waals surface area contributed by atoms with E-state index in [4.69, 9.17) is 5.73 Å². The number of rotatable bonds is 3. The minimum absolute atomic E-state index is 0.00924. The molecule has 4 rings (SSSR count). The van der Waals surface area contributed by atoms with Gasteiger partial charge in [0, 0.05) is 5.56 Å². The van der Waals surface area contributed by atoms with Crippen molar-refractivity contribution in [2.45, 2.75) is 19.8 Å². The molecular weight excluding hydrogens is 324 g/mol. The highest BCUT2D eigenvalue weighted by molar-refractivity contribution is 6.05. The molecule has 25 heavy (non-hydrogen) atoms. The van der Waals surface area contributed by atoms with Crippen LogP contribution < -0.4 is 11.2 Å². The lowest BCUT2D eigenvalue weighted by atomic mass is 10.1. The van der Waals surface area contributed by atoms with E-state index in [9.17, 15) is 4.79 Å². The lowest BCUT2D eigenvalue weighted by Crippen LogP contribution is -2.24. The zero-order valence-corrected chi connectivity index (χ0v) is 13.3. The number of aromatic nitrogens is 5. The monoisotopic (exact) mass is 338 g/mol. The SMILES string of the molecule is Cc1nnn(-c2nonc2N)c1C(=O)N/N=C1/CCc2ccccc21. The van der Waals surface area contributed by atoms with Crippen LogP contribution in [0.25, 0.3) is 5.82 Å². The number of nitrogen functional groups attached to an aromatic ring is 1. The van der Waals surface area contributed by atoms with Crippen molar-refractivity contribution in [3.8, 4) is 5.82 Å². The third-order valence-corrected chi connectivity index (χ3v) is 4.00. The van der Waals surface area contributed by atoms with Gasteiger partial charge in [-0.05, 0) is 35.6 Å². The standard InChI is InChI=1S/C15H14N8O2/c1-8-12(23(22-17-8)14-13(16)20-25-21-14)15(24)19-18-11-7-6-9-4-2-3-5-10(9)11/h2-5H,6-7H2,1H3,(H2,16,20)(H,19,24)/b18-11-. The fraction of sp³-hybridized carbons (Fsp3) is 0.200. The first-order valence-corrected chi connectivity index (χ1v) is 7.61. The first kappa shape index (κ1) is 15.0. The largest absolute Gasteiger partial charge is 0.378 e. The van der Waals surface area contributed by atoms with Gasteiger partial charge in [-0.3, -0.25) is 4.79 Å². The molecule has 0 fully saturated rings. The minimum atomic E-state index is -0.471. The maximum atomic E-state index is 12.6. The van der Waals surface area contributed by atoms with Gasteiger partial charge in [0.15, 0.2) is 5.69 Å². The van der Waals surface area contributed by atoms with Crippen LogP contribution in [0.15, 0.2) is 34.0 Å². The molecule has 1 amide bonds. The van der Waals surface area contributed by atoms with Gasteiger partial charge in [0.1, 0.15) is 0 Å². The van der Waals surface area contributed by atoms with E-state index in [2.05, 4.69) is 41.8 Å². The maximum Gasteiger partial charge on any atom is 0.292 e. The van der Waals surface area contributed by atoms with Crippen LogP contribution in [0.2, 0.25) is 0 Å². The number of hydrogen-bond acceptors (Lipinski definition) is 8. The van der Waals surface area contributed by atoms with Crippen molar-refractivity contribution in [2.75, 3.05) is 5.73 Å². The summed E-state index contributed by atoms with van der Waals surface area (Å²) in [6, 6.07) is 7.99. The van der Waals surface area contributed by atoms with Crippen LogP contribution in [0.5, 0.6) is 0 Å². The molecule has 0 unspecified atom stereocenters. The molecule has 0 aliphatic heterocycles. The lowest BCUT2D eigenvalue weighted by molar-refractivity contribution is 0.0946. The molecule has 0 spiro atoms. The van der Waals surface area contributed by atoms with E-state index in [0.29, 0.717) is 5.69 Å². The van der Waals surface area contributed by atoms with Crippen LogP contribution in [0.1, 0.15) is 33.7 Å². The summed E-state index contributed by atoms with van der Waals surface area (Å²) in [5.74, 6) is -0.360. The average molecular weight is 338 g/mol. The Morgan fingerprint density at radius 2 is 2.16 bits per heavy atom. The van der Waals surface area contributed by atoms with E-state index in [1.165, 1.54) is 10.2 Å². The van der Waals surface area contributed by atoms with Crippen LogP contribution in [0, 0.1) is 6.92 Å². The number of anilines is 1. The number of aryl methyl sites for hydroxylation is 2. The number of nitrogens with one attached hydrogen (secondary N) is 1. The van der Waals surface area contributed by atoms with Crippen LogP contribution in [0.3, 0.4) is 0 Å². The third kappa shape index (κ3) is 2.53. The first-order chi connectivity index (χ1) is 12.1. The van der Waals surface area contributed by atoms with Gasteiger partial charge in [-0.1, -0.05) is 29.5 Å². The normalized spacial score (nSPS) is 14.7. The Hall–Kier alpha value is -3.56. The van der Waals surface area contributed by atoms with Crippen molar-refractivity contribution in [1.29, 1.82) is 0 Å². The molecule has 3 aromatic rings. The molecular formula is C15H14N8O2. The number of carbonyl (C=O) groups is 1. The molecule has 10 heteroatoms. The van der Waals surface area contributed by atoms with E-state index >= 15 is 0 Å². The zero-order valence-electron chi connectivity index (χ0n) is 13.3. The van der Waals surface area contributed by atoms with Crippen molar-refractivity contribution in [3.05, 3.63) is 46.8 Å². The van der Waals surface area contributed by atoms with E-state index < -0.39 is 5.91 Å². The minimum Gasteiger partial charge on any atom is -0.378 e. The van der Waals surface area contributed by atoms with Gasteiger partial charge >= 0.3 is 0 Å². The molecule has 1 aromatic carbocycles. The molecule has 2 heterocycles. The molecule has 0 atom stereocenters. The predicted octanol–water partition coefficient (Wildman–Crippen LogP) is 0.621. The van der Waals surface area contributed by atoms with E-state index in [1.807, 2.05) is 18.2 Å². The Balaban J connectivity index is 1.62. The number of hydrogen-bond donors (Lipinski definition) is 2. The van der Waals surface area contributed by atoms with E-state index in [0.717, 1.165) is 24.1 Å². The molecule has 10 nitrogen and oxygen atoms in total. The fourth-order valence-corrected chi connectivity index (χ4v) is 2.80. The summed E-state index contributed by atoms with van der Waals surface area (Å²) in [6.07, 6.45) is 1.68. The molecule has 3 N–H and O–H groups in total. The highest BCUT2D eigenvalue weighted by atomic mass is 16.6. The van der Waals surface area contributed by atoms with Crippen LogP contribution >= 0.6 is 0 Å². The molecule has 1 aliphatic rings. The number of benzene rings is 1. The Morgan fingerprint density at radius 3 is 2.96 bits per heavy atom. The molecule has 0 saturated heterocycles. The van der Waals surface area contributed by atoms with Gasteiger partial charge in [-0.15, -0.1) is 5.10 Å². The summed E-state index contributed by atoms with van der Waals surface area (Å²) in [6.45, 7) is 1.65. The number of nitrogens with zero attached hydrogens (tertiary/aromatic N) is 6. The molecule has 2 aromatic heterocycles. The first-order valence-electron chi connectivity index (χ1n) is 7.61. The number of nitrogens with two attached hydrogens (primary N) is 1. The van der Waals surface area contributed by atoms with Crippen molar-refractivity contribution < 1.29 is 9.42 Å². The number of fused-ring (bicyclic) bond motifs is 1. The van der Waals surface area contributed by atoms with E-state index in [-0.39, 0.29) is 17.3 Å². The predicted molar refractivity (Wildman–Crippen MR) is 87.1 cm³/mol. The fourth-order valence-electron chi connectivity index (χ4n) is 2.80. The number of hydrazone groups is 1. The number of carbonyl (C=O) groups excluding carboxylic acids is 1. The second-order valence-corrected chi connectivity index (χ2v) is 5.56. The van der Waals surface area contributed by atoms with Gasteiger partial charge in [-0.2, -0.15) is 9.78 Å². The highest BCUT2D eigenvalue weighted by Crippen LogP contribution is 2.22. The summed E-state index contributed by atoms with van der Waals surface area (Å²) in [7, 11) is 0. The molecule has 0 radical (unpaired) electrons. The van der Waals surface area contributed by atoms with Crippen molar-refractivity contribution in [2.24, 2.45) is 5.10 Å². The van der Waals surface area contributed by atoms with Gasteiger partial charge in [0.25, 0.3) is 5.91 Å². The Morgan fingerprint density at radius 1 is 1.32 bits per heavy atom. The van der Waals surface area contributed by atoms with Gasteiger partial charge in [-0.25, -0.2) is 10.1 Å². The van der Waals surface area contributed by atoms with Crippen LogP contribution in [-0.4, -0.2) is 36.9 Å². The van der Waals surface area contributed by atoms with Crippen LogP contribution in [0.4, 0.5) is 5.82 Å². The number of amides is 1. The summed E-state index contributed by atoms with van der Waals surface area (Å²) in [5, 5.41) is 19.1. The molecule has 0 saturated carbocycles. The molecule has 0 bridgehead atoms. The van der Waals surface area contributed by atoms with Crippen molar-refractivity contribution in [3.63, 3.8) is 0 Å². The molecule has 126 valence electrons. The van der Waals surface area contributed by atoms with Gasteiger partial charge in [0.2, 0.25) is 11.6 Å². The summed E-state index contributed by atoms with van der Waals surface area (Å²) in [5.41, 5.74) is 11.9. The van der Waals surface area contributed by atoms with Crippen LogP contribution in [-0.2, 0) is 6.42 Å². The summed E-state index contributed by atoms with van der Waals surface area (Å²) < 4.78 is 5.73. The van der Waals surface area contributed by atoms with Crippen molar-refractivity contribution in [1.82, 2.24) is 30.7 Å². The van der Waals surface area contributed by atoms with Crippen molar-refractivity contribution >= 4 is 17.4 Å². The second-order valence-electron chi connectivity index (χ2n) is 5.56. The highest BCUT2D eigenvalue weighted by Gasteiger charge is 2.23. The Bertz CT molecular complexity index is 987. The van der Waals surface area contributed by atoms with Gasteiger partial charge < -0.3 is 5.73 Å². The smallest absolute Gasteiger partial charge is 0.292 e. The summed E-state index contributed by atoms with van der Waals surface area (Å²) in [4.78, 5) is 12.6. The zero-order chi connectivity index (χ0) is 17.4. The average Bonchev–Trinajstić information content (AvgIpc) is 3.31. The maximum absolute atomic E-state index is 12.6. The summed E-state index contributed by atoms with van der Waals surface area (Å²) >= 11 is 0. The topological polar surface area (TPSA) is 137 Å². The van der Waals surface area contributed by atoms with Gasteiger partial charge in [0.05, 0.1) is 11.4 Å². The lowest BCUT2D eigenvalue weighted by Gasteiger charge is -2.04. The molecule has 1 aliphatic carbocycles. The quantitative estimate of drug-likeness (QED) is 0.668. The Kier molecular flexibility index (Phi) is 3.49. The second kappa shape index (κ2) is 5.82.